The Labute approximate surface area is 126 Å². The van der Waals surface area contributed by atoms with Crippen molar-refractivity contribution in [3.05, 3.63) is 72.3 Å². The molecule has 106 valence electrons. The van der Waals surface area contributed by atoms with Gasteiger partial charge >= 0.3 is 5.97 Å². The van der Waals surface area contributed by atoms with Gasteiger partial charge in [-0.05, 0) is 35.0 Å². The number of hydrogen-bond donors (Lipinski definition) is 0. The van der Waals surface area contributed by atoms with Crippen molar-refractivity contribution < 1.29 is 14.3 Å². The highest BCUT2D eigenvalue weighted by atomic mass is 16.5. The van der Waals surface area contributed by atoms with E-state index in [1.54, 1.807) is 36.4 Å². The predicted molar refractivity (Wildman–Crippen MR) is 83.1 cm³/mol. The van der Waals surface area contributed by atoms with Crippen molar-refractivity contribution in [3.63, 3.8) is 0 Å². The molecule has 0 aromatic heterocycles. The van der Waals surface area contributed by atoms with Gasteiger partial charge in [0.2, 0.25) is 6.08 Å². The van der Waals surface area contributed by atoms with E-state index in [0.29, 0.717) is 5.75 Å². The number of benzene rings is 3. The van der Waals surface area contributed by atoms with Gasteiger partial charge < -0.3 is 4.74 Å². The molecule has 0 unspecified atom stereocenters. The van der Waals surface area contributed by atoms with Crippen LogP contribution in [0, 0.1) is 0 Å². The minimum absolute atomic E-state index is 0.221. The van der Waals surface area contributed by atoms with Crippen molar-refractivity contribution in [2.24, 2.45) is 4.99 Å². The molecular weight excluding hydrogens is 278 g/mol. The number of para-hydroxylation sites is 1. The van der Waals surface area contributed by atoms with Crippen LogP contribution < -0.4 is 4.74 Å². The maximum atomic E-state index is 12.2. The second-order valence-corrected chi connectivity index (χ2v) is 4.62. The second-order valence-electron chi connectivity index (χ2n) is 4.62. The summed E-state index contributed by atoms with van der Waals surface area (Å²) in [5, 5.41) is 2.04. The lowest BCUT2D eigenvalue weighted by atomic mass is 10.1. The number of esters is 1. The number of aliphatic imine (C=N–C) groups is 1. The Kier molecular flexibility index (Phi) is 3.77. The number of carbonyl (C=O) groups is 1. The summed E-state index contributed by atoms with van der Waals surface area (Å²) in [5.74, 6) is -0.126. The smallest absolute Gasteiger partial charge is 0.345 e. The summed E-state index contributed by atoms with van der Waals surface area (Å²) in [6, 6.07) is 19.7. The van der Waals surface area contributed by atoms with Crippen LogP contribution in [-0.2, 0) is 4.79 Å². The Hall–Kier alpha value is -3.23. The molecular formula is C18H11NO3. The molecule has 22 heavy (non-hydrogen) atoms. The van der Waals surface area contributed by atoms with Gasteiger partial charge in [-0.3, -0.25) is 0 Å². The van der Waals surface area contributed by atoms with Crippen LogP contribution >= 0.6 is 0 Å². The van der Waals surface area contributed by atoms with Gasteiger partial charge in [-0.1, -0.05) is 42.5 Å². The molecule has 0 amide bonds. The molecule has 0 aliphatic rings. The zero-order chi connectivity index (χ0) is 15.4. The zero-order valence-electron chi connectivity index (χ0n) is 11.5. The second kappa shape index (κ2) is 6.04. The van der Waals surface area contributed by atoms with Gasteiger partial charge in [0.15, 0.2) is 0 Å². The molecule has 0 radical (unpaired) electrons. The molecule has 0 spiro atoms. The van der Waals surface area contributed by atoms with Crippen molar-refractivity contribution in [3.8, 4) is 5.75 Å². The van der Waals surface area contributed by atoms with Crippen LogP contribution in [0.5, 0.6) is 5.75 Å². The highest BCUT2D eigenvalue weighted by Crippen LogP contribution is 2.24. The first-order valence-corrected chi connectivity index (χ1v) is 6.66. The van der Waals surface area contributed by atoms with E-state index in [-0.39, 0.29) is 11.3 Å². The molecule has 0 saturated heterocycles. The summed E-state index contributed by atoms with van der Waals surface area (Å²) >= 11 is 0. The largest absolute Gasteiger partial charge is 0.423 e. The minimum Gasteiger partial charge on any atom is -0.423 e. The third-order valence-corrected chi connectivity index (χ3v) is 3.22. The first kappa shape index (κ1) is 13.7. The number of fused-ring (bicyclic) bond motifs is 1. The van der Waals surface area contributed by atoms with Crippen LogP contribution in [0.25, 0.3) is 10.8 Å². The van der Waals surface area contributed by atoms with E-state index in [2.05, 4.69) is 4.99 Å². The lowest BCUT2D eigenvalue weighted by molar-refractivity contribution is 0.0736. The van der Waals surface area contributed by atoms with E-state index in [1.165, 1.54) is 6.08 Å². The zero-order valence-corrected chi connectivity index (χ0v) is 11.5. The van der Waals surface area contributed by atoms with Crippen molar-refractivity contribution in [1.82, 2.24) is 0 Å². The molecule has 0 aliphatic carbocycles. The molecule has 4 nitrogen and oxygen atoms in total. The van der Waals surface area contributed by atoms with Crippen LogP contribution in [0.1, 0.15) is 10.4 Å². The van der Waals surface area contributed by atoms with Crippen molar-refractivity contribution in [2.75, 3.05) is 0 Å². The lowest BCUT2D eigenvalue weighted by Gasteiger charge is -2.07. The van der Waals surface area contributed by atoms with Crippen LogP contribution in [0.4, 0.5) is 5.69 Å². The molecule has 3 aromatic rings. The summed E-state index contributed by atoms with van der Waals surface area (Å²) in [6.07, 6.45) is 1.43. The van der Waals surface area contributed by atoms with Gasteiger partial charge in [-0.25, -0.2) is 9.59 Å². The number of rotatable bonds is 3. The fraction of sp³-hybridized carbons (Fsp3) is 0. The van der Waals surface area contributed by atoms with Gasteiger partial charge in [0.1, 0.15) is 5.75 Å². The maximum absolute atomic E-state index is 12.2. The van der Waals surface area contributed by atoms with Crippen molar-refractivity contribution in [2.45, 2.75) is 0 Å². The fourth-order valence-corrected chi connectivity index (χ4v) is 2.19. The predicted octanol–water partition coefficient (Wildman–Crippen LogP) is 4.03. The van der Waals surface area contributed by atoms with E-state index in [4.69, 9.17) is 4.74 Å². The summed E-state index contributed by atoms with van der Waals surface area (Å²) < 4.78 is 5.37. The van der Waals surface area contributed by atoms with Crippen LogP contribution in [0.2, 0.25) is 0 Å². The normalized spacial score (nSPS) is 10.0. The van der Waals surface area contributed by atoms with Crippen molar-refractivity contribution >= 4 is 28.5 Å². The standard InChI is InChI=1S/C18H11NO3/c20-12-19-17-8-4-3-7-16(17)18(21)22-15-10-9-13-5-1-2-6-14(13)11-15/h1-11H. The third-order valence-electron chi connectivity index (χ3n) is 3.22. The van der Waals surface area contributed by atoms with Crippen LogP contribution in [0.15, 0.2) is 71.7 Å². The molecule has 0 fully saturated rings. The molecule has 4 heteroatoms. The first-order valence-electron chi connectivity index (χ1n) is 6.66. The quantitative estimate of drug-likeness (QED) is 0.316. The lowest BCUT2D eigenvalue weighted by Crippen LogP contribution is -2.08. The van der Waals surface area contributed by atoms with Crippen molar-refractivity contribution in [1.29, 1.82) is 0 Å². The number of isocyanates is 1. The Morgan fingerprint density at radius 3 is 2.45 bits per heavy atom. The van der Waals surface area contributed by atoms with E-state index in [0.717, 1.165) is 10.8 Å². The Balaban J connectivity index is 1.91. The number of nitrogens with zero attached hydrogens (tertiary/aromatic N) is 1. The van der Waals surface area contributed by atoms with Crippen LogP contribution in [0.3, 0.4) is 0 Å². The van der Waals surface area contributed by atoms with Gasteiger partial charge in [0.25, 0.3) is 0 Å². The SMILES string of the molecule is O=C=Nc1ccccc1C(=O)Oc1ccc2ccccc2c1. The Morgan fingerprint density at radius 1 is 0.909 bits per heavy atom. The Bertz CT molecular complexity index is 895. The topological polar surface area (TPSA) is 55.7 Å². The van der Waals surface area contributed by atoms with Gasteiger partial charge in [-0.2, -0.15) is 4.99 Å². The van der Waals surface area contributed by atoms with E-state index in [1.807, 2.05) is 30.3 Å². The molecule has 0 bridgehead atoms. The fourth-order valence-electron chi connectivity index (χ4n) is 2.19. The monoisotopic (exact) mass is 289 g/mol. The molecule has 0 heterocycles. The van der Waals surface area contributed by atoms with Crippen LogP contribution in [-0.4, -0.2) is 12.0 Å². The highest BCUT2D eigenvalue weighted by molar-refractivity contribution is 5.97. The Morgan fingerprint density at radius 2 is 1.64 bits per heavy atom. The minimum atomic E-state index is -0.565. The molecule has 0 atom stereocenters. The maximum Gasteiger partial charge on any atom is 0.345 e. The number of hydrogen-bond acceptors (Lipinski definition) is 4. The molecule has 0 aliphatic heterocycles. The van der Waals surface area contributed by atoms with E-state index < -0.39 is 5.97 Å². The summed E-state index contributed by atoms with van der Waals surface area (Å²) in [7, 11) is 0. The molecule has 3 aromatic carbocycles. The summed E-state index contributed by atoms with van der Waals surface area (Å²) in [4.78, 5) is 26.2. The van der Waals surface area contributed by atoms with E-state index >= 15 is 0 Å². The third kappa shape index (κ3) is 2.77. The summed E-state index contributed by atoms with van der Waals surface area (Å²) in [5.41, 5.74) is 0.460. The summed E-state index contributed by atoms with van der Waals surface area (Å²) in [6.45, 7) is 0. The molecule has 3 rings (SSSR count). The van der Waals surface area contributed by atoms with Gasteiger partial charge in [0.05, 0.1) is 11.3 Å². The first-order chi connectivity index (χ1) is 10.8. The molecule has 0 N–H and O–H groups in total. The highest BCUT2D eigenvalue weighted by Gasteiger charge is 2.13. The van der Waals surface area contributed by atoms with E-state index in [9.17, 15) is 9.59 Å². The van der Waals surface area contributed by atoms with Gasteiger partial charge in [0, 0.05) is 0 Å². The van der Waals surface area contributed by atoms with Gasteiger partial charge in [-0.15, -0.1) is 0 Å². The number of ether oxygens (including phenoxy) is 1. The average molecular weight is 289 g/mol. The molecule has 0 saturated carbocycles. The number of carbonyl (C=O) groups excluding carboxylic acids is 2. The average Bonchev–Trinajstić information content (AvgIpc) is 2.55.